The number of benzene rings is 1. The zero-order valence-electron chi connectivity index (χ0n) is 17.0. The molecule has 3 heterocycles. The smallest absolute Gasteiger partial charge is 0.240 e. The van der Waals surface area contributed by atoms with E-state index in [4.69, 9.17) is 9.26 Å². The molecule has 0 N–H and O–H groups in total. The highest BCUT2D eigenvalue weighted by atomic mass is 16.5. The summed E-state index contributed by atoms with van der Waals surface area (Å²) in [5.41, 5.74) is 1.31. The van der Waals surface area contributed by atoms with Crippen LogP contribution in [0.4, 0.5) is 0 Å². The molecule has 0 bridgehead atoms. The van der Waals surface area contributed by atoms with E-state index in [1.165, 1.54) is 5.56 Å². The van der Waals surface area contributed by atoms with Crippen LogP contribution in [0.1, 0.15) is 30.7 Å². The number of aromatic nitrogens is 4. The van der Waals surface area contributed by atoms with Gasteiger partial charge in [0.1, 0.15) is 5.75 Å². The quantitative estimate of drug-likeness (QED) is 0.594. The van der Waals surface area contributed by atoms with Crippen molar-refractivity contribution in [3.05, 3.63) is 54.2 Å². The number of amides is 1. The Hall–Kier alpha value is -3.29. The molecule has 0 atom stereocenters. The van der Waals surface area contributed by atoms with E-state index in [2.05, 4.69) is 32.2 Å². The maximum Gasteiger partial charge on any atom is 0.240 e. The van der Waals surface area contributed by atoms with Gasteiger partial charge in [-0.05, 0) is 48.9 Å². The van der Waals surface area contributed by atoms with Crippen LogP contribution < -0.4 is 4.74 Å². The van der Waals surface area contributed by atoms with E-state index in [9.17, 15) is 4.79 Å². The number of hydrogen-bond acceptors (Lipinski definition) is 7. The Morgan fingerprint density at radius 2 is 1.87 bits per heavy atom. The van der Waals surface area contributed by atoms with Crippen LogP contribution in [-0.4, -0.2) is 51.1 Å². The zero-order chi connectivity index (χ0) is 20.8. The second kappa shape index (κ2) is 9.47. The van der Waals surface area contributed by atoms with Gasteiger partial charge in [-0.25, -0.2) is 9.97 Å². The van der Waals surface area contributed by atoms with Crippen LogP contribution in [-0.2, 0) is 17.6 Å². The van der Waals surface area contributed by atoms with E-state index in [1.807, 2.05) is 17.0 Å². The molecular formula is C22H25N5O3. The van der Waals surface area contributed by atoms with E-state index >= 15 is 0 Å². The Labute approximate surface area is 175 Å². The van der Waals surface area contributed by atoms with Crippen molar-refractivity contribution in [3.63, 3.8) is 0 Å². The van der Waals surface area contributed by atoms with Crippen LogP contribution >= 0.6 is 0 Å². The molecule has 1 fully saturated rings. The third kappa shape index (κ3) is 5.00. The molecule has 0 saturated carbocycles. The fourth-order valence-electron chi connectivity index (χ4n) is 3.72. The number of methoxy groups -OCH3 is 1. The van der Waals surface area contributed by atoms with Crippen molar-refractivity contribution < 1.29 is 14.1 Å². The maximum absolute atomic E-state index is 12.6. The standard InChI is InChI=1S/C22H25N5O3/c1-29-18-5-3-16(4-6-18)15-17-9-13-27(14-10-17)20(28)8-7-19-25-22(26-30-19)21-23-11-2-12-24-21/h2-6,11-12,17H,7-10,13-15H2,1H3. The highest BCUT2D eigenvalue weighted by Gasteiger charge is 2.23. The SMILES string of the molecule is COc1ccc(CC2CCN(C(=O)CCc3nc(-c4ncccn4)no3)CC2)cc1. The molecule has 4 rings (SSSR count). The minimum atomic E-state index is 0.133. The molecule has 0 radical (unpaired) electrons. The maximum atomic E-state index is 12.6. The fourth-order valence-corrected chi connectivity index (χ4v) is 3.72. The molecule has 0 unspecified atom stereocenters. The third-order valence-corrected chi connectivity index (χ3v) is 5.44. The van der Waals surface area contributed by atoms with Gasteiger partial charge in [0.15, 0.2) is 0 Å². The highest BCUT2D eigenvalue weighted by molar-refractivity contribution is 5.76. The lowest BCUT2D eigenvalue weighted by atomic mass is 9.90. The van der Waals surface area contributed by atoms with Gasteiger partial charge in [0, 0.05) is 38.3 Å². The van der Waals surface area contributed by atoms with E-state index < -0.39 is 0 Å². The Balaban J connectivity index is 1.22. The number of likely N-dealkylation sites (tertiary alicyclic amines) is 1. The van der Waals surface area contributed by atoms with Crippen LogP contribution in [0.5, 0.6) is 5.75 Å². The number of nitrogens with zero attached hydrogens (tertiary/aromatic N) is 5. The van der Waals surface area contributed by atoms with Gasteiger partial charge in [-0.3, -0.25) is 4.79 Å². The predicted octanol–water partition coefficient (Wildman–Crippen LogP) is 2.95. The summed E-state index contributed by atoms with van der Waals surface area (Å²) in [4.78, 5) is 27.0. The third-order valence-electron chi connectivity index (χ3n) is 5.44. The minimum Gasteiger partial charge on any atom is -0.497 e. The Bertz CT molecular complexity index is 950. The molecule has 1 amide bonds. The molecule has 1 aliphatic heterocycles. The lowest BCUT2D eigenvalue weighted by molar-refractivity contribution is -0.132. The summed E-state index contributed by atoms with van der Waals surface area (Å²) in [7, 11) is 1.68. The average Bonchev–Trinajstić information content (AvgIpc) is 3.28. The van der Waals surface area contributed by atoms with Gasteiger partial charge in [0.05, 0.1) is 7.11 Å². The van der Waals surface area contributed by atoms with Crippen LogP contribution in [0, 0.1) is 5.92 Å². The summed E-state index contributed by atoms with van der Waals surface area (Å²) in [6.07, 6.45) is 7.12. The number of ether oxygens (including phenoxy) is 1. The molecule has 156 valence electrons. The van der Waals surface area contributed by atoms with Crippen molar-refractivity contribution in [2.24, 2.45) is 5.92 Å². The van der Waals surface area contributed by atoms with E-state index in [-0.39, 0.29) is 5.91 Å². The Morgan fingerprint density at radius 1 is 1.13 bits per heavy atom. The number of aryl methyl sites for hydroxylation is 1. The topological polar surface area (TPSA) is 94.2 Å². The van der Waals surface area contributed by atoms with Crippen LogP contribution in [0.2, 0.25) is 0 Å². The van der Waals surface area contributed by atoms with Gasteiger partial charge in [0.2, 0.25) is 23.4 Å². The molecule has 3 aromatic rings. The van der Waals surface area contributed by atoms with Gasteiger partial charge in [0.25, 0.3) is 0 Å². The van der Waals surface area contributed by atoms with Crippen molar-refractivity contribution in [2.75, 3.05) is 20.2 Å². The van der Waals surface area contributed by atoms with Crippen LogP contribution in [0.3, 0.4) is 0 Å². The van der Waals surface area contributed by atoms with Crippen molar-refractivity contribution in [2.45, 2.75) is 32.1 Å². The molecule has 0 spiro atoms. The monoisotopic (exact) mass is 407 g/mol. The second-order valence-electron chi connectivity index (χ2n) is 7.46. The summed E-state index contributed by atoms with van der Waals surface area (Å²) in [5, 5.41) is 3.89. The molecule has 30 heavy (non-hydrogen) atoms. The van der Waals surface area contributed by atoms with E-state index in [0.29, 0.717) is 36.3 Å². The van der Waals surface area contributed by atoms with Gasteiger partial charge < -0.3 is 14.2 Å². The van der Waals surface area contributed by atoms with Crippen molar-refractivity contribution in [3.8, 4) is 17.4 Å². The predicted molar refractivity (Wildman–Crippen MR) is 110 cm³/mol. The molecule has 8 nitrogen and oxygen atoms in total. The minimum absolute atomic E-state index is 0.133. The molecule has 1 saturated heterocycles. The lowest BCUT2D eigenvalue weighted by Crippen LogP contribution is -2.39. The average molecular weight is 407 g/mol. The first-order valence-electron chi connectivity index (χ1n) is 10.2. The summed E-state index contributed by atoms with van der Waals surface area (Å²) >= 11 is 0. The molecule has 0 aliphatic carbocycles. The molecular weight excluding hydrogens is 382 g/mol. The Morgan fingerprint density at radius 3 is 2.57 bits per heavy atom. The lowest BCUT2D eigenvalue weighted by Gasteiger charge is -2.32. The highest BCUT2D eigenvalue weighted by Crippen LogP contribution is 2.23. The van der Waals surface area contributed by atoms with Crippen molar-refractivity contribution in [1.82, 2.24) is 25.0 Å². The van der Waals surface area contributed by atoms with Crippen molar-refractivity contribution >= 4 is 5.91 Å². The van der Waals surface area contributed by atoms with Crippen molar-refractivity contribution in [1.29, 1.82) is 0 Å². The fraction of sp³-hybridized carbons (Fsp3) is 0.409. The number of piperidine rings is 1. The van der Waals surface area contributed by atoms with Gasteiger partial charge in [-0.2, -0.15) is 4.98 Å². The molecule has 8 heteroatoms. The summed E-state index contributed by atoms with van der Waals surface area (Å²) in [5.74, 6) is 2.81. The largest absolute Gasteiger partial charge is 0.497 e. The van der Waals surface area contributed by atoms with E-state index in [1.54, 1.807) is 25.6 Å². The molecule has 1 aromatic carbocycles. The zero-order valence-corrected chi connectivity index (χ0v) is 17.0. The normalized spacial score (nSPS) is 14.6. The molecule has 1 aliphatic rings. The van der Waals surface area contributed by atoms with Crippen LogP contribution in [0.15, 0.2) is 47.2 Å². The van der Waals surface area contributed by atoms with Gasteiger partial charge >= 0.3 is 0 Å². The summed E-state index contributed by atoms with van der Waals surface area (Å²) in [6, 6.07) is 9.97. The first-order valence-corrected chi connectivity index (χ1v) is 10.2. The summed E-state index contributed by atoms with van der Waals surface area (Å²) in [6.45, 7) is 1.60. The number of carbonyl (C=O) groups excluding carboxylic acids is 1. The van der Waals surface area contributed by atoms with E-state index in [0.717, 1.165) is 38.1 Å². The number of hydrogen-bond donors (Lipinski definition) is 0. The first kappa shape index (κ1) is 20.0. The number of carbonyl (C=O) groups is 1. The number of rotatable bonds is 7. The Kier molecular flexibility index (Phi) is 6.32. The van der Waals surface area contributed by atoms with Gasteiger partial charge in [-0.15, -0.1) is 0 Å². The van der Waals surface area contributed by atoms with Gasteiger partial charge in [-0.1, -0.05) is 17.3 Å². The van der Waals surface area contributed by atoms with Crippen LogP contribution in [0.25, 0.3) is 11.6 Å². The first-order chi connectivity index (χ1) is 14.7. The summed E-state index contributed by atoms with van der Waals surface area (Å²) < 4.78 is 10.4. The second-order valence-corrected chi connectivity index (χ2v) is 7.46. The molecule has 2 aromatic heterocycles.